The molecule has 1 amide bonds. The molecule has 0 aliphatic rings. The normalized spacial score (nSPS) is 13.0. The van der Waals surface area contributed by atoms with Crippen molar-refractivity contribution in [3.63, 3.8) is 0 Å². The molecule has 0 fully saturated rings. The molecule has 0 aliphatic heterocycles. The number of hydrogen-bond acceptors (Lipinski definition) is 4. The summed E-state index contributed by atoms with van der Waals surface area (Å²) >= 11 is 0. The standard InChI is InChI=1S/C19H22N2O3/c1-3-24-19(23)15-9-11-16(12-10-15)21-18(22)13(2)17(20)14-7-5-4-6-8-14/h4-13,17H,3,20H2,1-2H3,(H,21,22). The van der Waals surface area contributed by atoms with Crippen LogP contribution >= 0.6 is 0 Å². The van der Waals surface area contributed by atoms with Crippen LogP contribution in [0.15, 0.2) is 54.6 Å². The fourth-order valence-electron chi connectivity index (χ4n) is 2.29. The number of ether oxygens (including phenoxy) is 1. The lowest BCUT2D eigenvalue weighted by Crippen LogP contribution is -2.30. The van der Waals surface area contributed by atoms with E-state index in [1.54, 1.807) is 38.1 Å². The van der Waals surface area contributed by atoms with Crippen LogP contribution in [0.2, 0.25) is 0 Å². The summed E-state index contributed by atoms with van der Waals surface area (Å²) in [6.45, 7) is 3.87. The van der Waals surface area contributed by atoms with E-state index in [2.05, 4.69) is 5.32 Å². The summed E-state index contributed by atoms with van der Waals surface area (Å²) in [5.41, 5.74) is 8.14. The lowest BCUT2D eigenvalue weighted by molar-refractivity contribution is -0.120. The van der Waals surface area contributed by atoms with Crippen molar-refractivity contribution in [3.8, 4) is 0 Å². The van der Waals surface area contributed by atoms with Crippen molar-refractivity contribution in [2.75, 3.05) is 11.9 Å². The molecule has 2 aromatic carbocycles. The van der Waals surface area contributed by atoms with Gasteiger partial charge in [-0.15, -0.1) is 0 Å². The van der Waals surface area contributed by atoms with Crippen LogP contribution in [0.1, 0.15) is 35.8 Å². The lowest BCUT2D eigenvalue weighted by Gasteiger charge is -2.20. The Morgan fingerprint density at radius 3 is 2.29 bits per heavy atom. The fourth-order valence-corrected chi connectivity index (χ4v) is 2.29. The van der Waals surface area contributed by atoms with Crippen LogP contribution in [-0.2, 0) is 9.53 Å². The van der Waals surface area contributed by atoms with Crippen molar-refractivity contribution in [3.05, 3.63) is 65.7 Å². The zero-order valence-corrected chi connectivity index (χ0v) is 13.9. The maximum absolute atomic E-state index is 12.4. The molecule has 2 unspecified atom stereocenters. The van der Waals surface area contributed by atoms with Gasteiger partial charge in [0.2, 0.25) is 5.91 Å². The minimum Gasteiger partial charge on any atom is -0.462 e. The van der Waals surface area contributed by atoms with Gasteiger partial charge in [0, 0.05) is 11.7 Å². The number of nitrogens with two attached hydrogens (primary N) is 1. The summed E-state index contributed by atoms with van der Waals surface area (Å²) in [5.74, 6) is -0.942. The summed E-state index contributed by atoms with van der Waals surface area (Å²) in [6.07, 6.45) is 0. The van der Waals surface area contributed by atoms with E-state index < -0.39 is 5.92 Å². The minimum absolute atomic E-state index is 0.171. The van der Waals surface area contributed by atoms with E-state index in [0.29, 0.717) is 17.9 Å². The maximum atomic E-state index is 12.4. The Kier molecular flexibility index (Phi) is 6.09. The first-order chi connectivity index (χ1) is 11.5. The number of anilines is 1. The van der Waals surface area contributed by atoms with Crippen LogP contribution < -0.4 is 11.1 Å². The highest BCUT2D eigenvalue weighted by Gasteiger charge is 2.22. The number of carbonyl (C=O) groups is 2. The summed E-state index contributed by atoms with van der Waals surface area (Å²) in [5, 5.41) is 2.82. The SMILES string of the molecule is CCOC(=O)c1ccc(NC(=O)C(C)C(N)c2ccccc2)cc1. The Balaban J connectivity index is 2.00. The molecule has 0 aromatic heterocycles. The van der Waals surface area contributed by atoms with Gasteiger partial charge in [0.15, 0.2) is 0 Å². The molecule has 0 saturated carbocycles. The average Bonchev–Trinajstić information content (AvgIpc) is 2.62. The Morgan fingerprint density at radius 2 is 1.71 bits per heavy atom. The van der Waals surface area contributed by atoms with Crippen molar-refractivity contribution < 1.29 is 14.3 Å². The molecule has 0 saturated heterocycles. The average molecular weight is 326 g/mol. The van der Waals surface area contributed by atoms with E-state index in [-0.39, 0.29) is 17.9 Å². The Hall–Kier alpha value is -2.66. The number of rotatable bonds is 6. The van der Waals surface area contributed by atoms with Crippen molar-refractivity contribution in [2.45, 2.75) is 19.9 Å². The number of hydrogen-bond donors (Lipinski definition) is 2. The Bertz CT molecular complexity index is 684. The molecule has 0 aliphatic carbocycles. The molecule has 0 radical (unpaired) electrons. The van der Waals surface area contributed by atoms with Gasteiger partial charge < -0.3 is 15.8 Å². The van der Waals surface area contributed by atoms with Crippen molar-refractivity contribution >= 4 is 17.6 Å². The fraction of sp³-hybridized carbons (Fsp3) is 0.263. The molecule has 5 heteroatoms. The Morgan fingerprint density at radius 1 is 1.08 bits per heavy atom. The largest absolute Gasteiger partial charge is 0.462 e. The van der Waals surface area contributed by atoms with Gasteiger partial charge in [-0.1, -0.05) is 37.3 Å². The first-order valence-electron chi connectivity index (χ1n) is 7.91. The molecule has 0 bridgehead atoms. The molecule has 3 N–H and O–H groups in total. The van der Waals surface area contributed by atoms with Crippen molar-refractivity contribution in [1.82, 2.24) is 0 Å². The molecule has 2 rings (SSSR count). The molecular formula is C19H22N2O3. The topological polar surface area (TPSA) is 81.4 Å². The highest BCUT2D eigenvalue weighted by atomic mass is 16.5. The first kappa shape index (κ1) is 17.7. The molecule has 2 aromatic rings. The highest BCUT2D eigenvalue weighted by molar-refractivity contribution is 5.94. The minimum atomic E-state index is -0.392. The Labute approximate surface area is 141 Å². The number of amides is 1. The number of carbonyl (C=O) groups excluding carboxylic acids is 2. The third kappa shape index (κ3) is 4.43. The zero-order chi connectivity index (χ0) is 17.5. The van der Waals surface area contributed by atoms with Gasteiger partial charge in [0.25, 0.3) is 0 Å². The summed E-state index contributed by atoms with van der Waals surface area (Å²) in [4.78, 5) is 24.0. The third-order valence-corrected chi connectivity index (χ3v) is 3.80. The summed E-state index contributed by atoms with van der Waals surface area (Å²) in [7, 11) is 0. The lowest BCUT2D eigenvalue weighted by atomic mass is 9.94. The molecule has 2 atom stereocenters. The number of benzene rings is 2. The van der Waals surface area contributed by atoms with Gasteiger partial charge in [-0.25, -0.2) is 4.79 Å². The summed E-state index contributed by atoms with van der Waals surface area (Å²) in [6, 6.07) is 15.7. The molecule has 5 nitrogen and oxygen atoms in total. The van der Waals surface area contributed by atoms with Crippen LogP contribution in [0.25, 0.3) is 0 Å². The predicted octanol–water partition coefficient (Wildman–Crippen LogP) is 3.14. The van der Waals surface area contributed by atoms with Crippen molar-refractivity contribution in [2.24, 2.45) is 11.7 Å². The van der Waals surface area contributed by atoms with Crippen LogP contribution in [0.4, 0.5) is 5.69 Å². The maximum Gasteiger partial charge on any atom is 0.338 e. The molecule has 0 spiro atoms. The van der Waals surface area contributed by atoms with E-state index in [4.69, 9.17) is 10.5 Å². The van der Waals surface area contributed by atoms with Crippen LogP contribution in [0, 0.1) is 5.92 Å². The second-order valence-electron chi connectivity index (χ2n) is 5.51. The van der Waals surface area contributed by atoms with E-state index >= 15 is 0 Å². The molecule has 24 heavy (non-hydrogen) atoms. The third-order valence-electron chi connectivity index (χ3n) is 3.80. The second kappa shape index (κ2) is 8.26. The van der Waals surface area contributed by atoms with Crippen LogP contribution in [-0.4, -0.2) is 18.5 Å². The smallest absolute Gasteiger partial charge is 0.338 e. The van der Waals surface area contributed by atoms with Gasteiger partial charge in [0.1, 0.15) is 0 Å². The molecule has 126 valence electrons. The molecular weight excluding hydrogens is 304 g/mol. The number of esters is 1. The second-order valence-corrected chi connectivity index (χ2v) is 5.51. The van der Waals surface area contributed by atoms with Crippen molar-refractivity contribution in [1.29, 1.82) is 0 Å². The van der Waals surface area contributed by atoms with Gasteiger partial charge in [-0.05, 0) is 36.8 Å². The van der Waals surface area contributed by atoms with Gasteiger partial charge >= 0.3 is 5.97 Å². The van der Waals surface area contributed by atoms with E-state index in [1.807, 2.05) is 30.3 Å². The van der Waals surface area contributed by atoms with E-state index in [0.717, 1.165) is 5.56 Å². The van der Waals surface area contributed by atoms with E-state index in [9.17, 15) is 9.59 Å². The highest BCUT2D eigenvalue weighted by Crippen LogP contribution is 2.21. The van der Waals surface area contributed by atoms with Crippen LogP contribution in [0.3, 0.4) is 0 Å². The van der Waals surface area contributed by atoms with Gasteiger partial charge in [-0.3, -0.25) is 4.79 Å². The summed E-state index contributed by atoms with van der Waals surface area (Å²) < 4.78 is 4.92. The molecule has 0 heterocycles. The van der Waals surface area contributed by atoms with Gasteiger partial charge in [-0.2, -0.15) is 0 Å². The monoisotopic (exact) mass is 326 g/mol. The predicted molar refractivity (Wildman–Crippen MR) is 93.6 cm³/mol. The zero-order valence-electron chi connectivity index (χ0n) is 13.9. The van der Waals surface area contributed by atoms with Crippen LogP contribution in [0.5, 0.6) is 0 Å². The van der Waals surface area contributed by atoms with E-state index in [1.165, 1.54) is 0 Å². The quantitative estimate of drug-likeness (QED) is 0.799. The first-order valence-corrected chi connectivity index (χ1v) is 7.91. The number of nitrogens with one attached hydrogen (secondary N) is 1. The van der Waals surface area contributed by atoms with Gasteiger partial charge in [0.05, 0.1) is 18.1 Å².